The first-order valence-electron chi connectivity index (χ1n) is 8.52. The number of amidine groups is 1. The van der Waals surface area contributed by atoms with Gasteiger partial charge in [0.05, 0.1) is 6.21 Å². The summed E-state index contributed by atoms with van der Waals surface area (Å²) in [5.41, 5.74) is 3.73. The van der Waals surface area contributed by atoms with E-state index in [1.807, 2.05) is 62.4 Å². The second kappa shape index (κ2) is 8.64. The van der Waals surface area contributed by atoms with E-state index in [4.69, 9.17) is 0 Å². The van der Waals surface area contributed by atoms with E-state index < -0.39 is 5.25 Å². The fourth-order valence-corrected chi connectivity index (χ4v) is 3.44. The van der Waals surface area contributed by atoms with E-state index in [2.05, 4.69) is 20.8 Å². The molecule has 1 saturated heterocycles. The minimum Gasteiger partial charge on any atom is -0.326 e. The number of hydrogen-bond acceptors (Lipinski definition) is 5. The molecule has 2 amide bonds. The highest BCUT2D eigenvalue weighted by Gasteiger charge is 2.32. The first-order chi connectivity index (χ1) is 13.0. The van der Waals surface area contributed by atoms with Crippen LogP contribution < -0.4 is 10.6 Å². The van der Waals surface area contributed by atoms with E-state index in [9.17, 15) is 9.59 Å². The topological polar surface area (TPSA) is 82.9 Å². The number of anilines is 1. The number of hydrogen-bond donors (Lipinski definition) is 2. The lowest BCUT2D eigenvalue weighted by Gasteiger charge is -2.10. The molecule has 0 aromatic heterocycles. The van der Waals surface area contributed by atoms with E-state index in [0.717, 1.165) is 22.4 Å². The van der Waals surface area contributed by atoms with Gasteiger partial charge in [0.25, 0.3) is 0 Å². The highest BCUT2D eigenvalue weighted by molar-refractivity contribution is 8.15. The van der Waals surface area contributed by atoms with Gasteiger partial charge >= 0.3 is 0 Å². The first kappa shape index (κ1) is 18.8. The minimum absolute atomic E-state index is 0.0747. The lowest BCUT2D eigenvalue weighted by atomic mass is 10.1. The monoisotopic (exact) mass is 380 g/mol. The molecular weight excluding hydrogens is 360 g/mol. The fourth-order valence-electron chi connectivity index (χ4n) is 2.51. The van der Waals surface area contributed by atoms with Crippen molar-refractivity contribution in [3.8, 4) is 0 Å². The Morgan fingerprint density at radius 2 is 2.00 bits per heavy atom. The van der Waals surface area contributed by atoms with Gasteiger partial charge in [-0.2, -0.15) is 5.10 Å². The van der Waals surface area contributed by atoms with Crippen LogP contribution in [0.2, 0.25) is 0 Å². The van der Waals surface area contributed by atoms with Crippen LogP contribution in [0.4, 0.5) is 5.69 Å². The average Bonchev–Trinajstić information content (AvgIpc) is 2.98. The summed E-state index contributed by atoms with van der Waals surface area (Å²) < 4.78 is 0. The number of thioether (sulfide) groups is 1. The predicted octanol–water partition coefficient (Wildman–Crippen LogP) is 3.25. The Morgan fingerprint density at radius 1 is 1.22 bits per heavy atom. The molecule has 1 fully saturated rings. The maximum atomic E-state index is 12.3. The van der Waals surface area contributed by atoms with Crippen molar-refractivity contribution in [1.29, 1.82) is 0 Å². The third-order valence-electron chi connectivity index (χ3n) is 3.97. The predicted molar refractivity (Wildman–Crippen MR) is 110 cm³/mol. The Morgan fingerprint density at radius 3 is 2.78 bits per heavy atom. The van der Waals surface area contributed by atoms with Crippen molar-refractivity contribution >= 4 is 40.6 Å². The number of carbonyl (C=O) groups excluding carboxylic acids is 2. The van der Waals surface area contributed by atoms with Crippen molar-refractivity contribution in [3.05, 3.63) is 65.2 Å². The van der Waals surface area contributed by atoms with Crippen molar-refractivity contribution in [2.24, 2.45) is 10.2 Å². The summed E-state index contributed by atoms with van der Waals surface area (Å²) >= 11 is 1.21. The normalized spacial score (nSPS) is 18.1. The molecule has 6 nitrogen and oxygen atoms in total. The molecule has 1 unspecified atom stereocenters. The second-order valence-corrected chi connectivity index (χ2v) is 7.42. The molecule has 0 aliphatic carbocycles. The largest absolute Gasteiger partial charge is 0.326 e. The zero-order chi connectivity index (χ0) is 19.2. The molecule has 0 radical (unpaired) electrons. The van der Waals surface area contributed by atoms with Gasteiger partial charge in [-0.25, -0.2) is 0 Å². The number of amides is 2. The van der Waals surface area contributed by atoms with Crippen LogP contribution >= 0.6 is 11.8 Å². The Balaban J connectivity index is 1.57. The lowest BCUT2D eigenvalue weighted by molar-refractivity contribution is -0.122. The van der Waals surface area contributed by atoms with Crippen LogP contribution in [0.5, 0.6) is 0 Å². The number of carbonyl (C=O) groups is 2. The van der Waals surface area contributed by atoms with Crippen molar-refractivity contribution in [1.82, 2.24) is 5.32 Å². The van der Waals surface area contributed by atoms with Crippen molar-refractivity contribution in [2.75, 3.05) is 5.32 Å². The maximum absolute atomic E-state index is 12.3. The van der Waals surface area contributed by atoms with Crippen LogP contribution in [-0.4, -0.2) is 28.4 Å². The molecule has 1 aliphatic heterocycles. The quantitative estimate of drug-likeness (QED) is 0.617. The Hall–Kier alpha value is -2.93. The highest BCUT2D eigenvalue weighted by atomic mass is 32.2. The summed E-state index contributed by atoms with van der Waals surface area (Å²) in [6.45, 7) is 3.90. The Kier molecular flexibility index (Phi) is 6.03. The zero-order valence-electron chi connectivity index (χ0n) is 15.1. The molecule has 3 rings (SSSR count). The van der Waals surface area contributed by atoms with Gasteiger partial charge in [-0.15, -0.1) is 5.10 Å². The number of rotatable bonds is 5. The number of aryl methyl sites for hydroxylation is 2. The van der Waals surface area contributed by atoms with Crippen LogP contribution in [-0.2, 0) is 9.59 Å². The molecule has 2 aromatic rings. The van der Waals surface area contributed by atoms with Gasteiger partial charge in [0.2, 0.25) is 11.8 Å². The van der Waals surface area contributed by atoms with Gasteiger partial charge in [-0.05, 0) is 36.6 Å². The molecule has 1 atom stereocenters. The van der Waals surface area contributed by atoms with E-state index in [0.29, 0.717) is 5.17 Å². The zero-order valence-corrected chi connectivity index (χ0v) is 15.9. The van der Waals surface area contributed by atoms with Gasteiger partial charge in [0.1, 0.15) is 5.25 Å². The maximum Gasteiger partial charge on any atom is 0.240 e. The van der Waals surface area contributed by atoms with Crippen molar-refractivity contribution in [2.45, 2.75) is 25.5 Å². The van der Waals surface area contributed by atoms with Crippen LogP contribution in [0.3, 0.4) is 0 Å². The summed E-state index contributed by atoms with van der Waals surface area (Å²) in [5.74, 6) is -0.435. The standard InChI is InChI=1S/C20H20N4O2S/c1-13-8-9-14(2)16(10-13)22-18(25)11-17-19(26)23-20(27-17)24-21-12-15-6-4-3-5-7-15/h3-10,12,17H,11H2,1-2H3,(H,22,25)(H,23,24,26). The highest BCUT2D eigenvalue weighted by Crippen LogP contribution is 2.24. The second-order valence-electron chi connectivity index (χ2n) is 6.23. The SMILES string of the molecule is Cc1ccc(C)c(NC(=O)CC2SC(=NN=Cc3ccccc3)NC2=O)c1. The summed E-state index contributed by atoms with van der Waals surface area (Å²) in [4.78, 5) is 24.4. The average molecular weight is 380 g/mol. The van der Waals surface area contributed by atoms with E-state index >= 15 is 0 Å². The molecule has 1 aliphatic rings. The Bertz CT molecular complexity index is 909. The van der Waals surface area contributed by atoms with Gasteiger partial charge in [-0.1, -0.05) is 54.2 Å². The first-order valence-corrected chi connectivity index (χ1v) is 9.40. The molecule has 0 spiro atoms. The molecule has 27 heavy (non-hydrogen) atoms. The van der Waals surface area contributed by atoms with Crippen molar-refractivity contribution < 1.29 is 9.59 Å². The Labute approximate surface area is 162 Å². The van der Waals surface area contributed by atoms with Gasteiger partial charge in [-0.3, -0.25) is 9.59 Å². The molecule has 2 aromatic carbocycles. The molecule has 138 valence electrons. The van der Waals surface area contributed by atoms with Crippen LogP contribution in [0.25, 0.3) is 0 Å². The van der Waals surface area contributed by atoms with Crippen molar-refractivity contribution in [3.63, 3.8) is 0 Å². The minimum atomic E-state index is -0.513. The fraction of sp³-hybridized carbons (Fsp3) is 0.200. The summed E-state index contributed by atoms with van der Waals surface area (Å²) in [5, 5.41) is 13.4. The molecular formula is C20H20N4O2S. The van der Waals surface area contributed by atoms with E-state index in [1.54, 1.807) is 6.21 Å². The molecule has 2 N–H and O–H groups in total. The van der Waals surface area contributed by atoms with E-state index in [-0.39, 0.29) is 18.2 Å². The molecule has 0 saturated carbocycles. The lowest BCUT2D eigenvalue weighted by Crippen LogP contribution is -2.28. The van der Waals surface area contributed by atoms with E-state index in [1.165, 1.54) is 11.8 Å². The molecule has 0 bridgehead atoms. The van der Waals surface area contributed by atoms with Gasteiger partial charge < -0.3 is 10.6 Å². The number of nitrogens with zero attached hydrogens (tertiary/aromatic N) is 2. The van der Waals surface area contributed by atoms with Crippen LogP contribution in [0.15, 0.2) is 58.7 Å². The summed E-state index contributed by atoms with van der Waals surface area (Å²) in [6.07, 6.45) is 1.69. The van der Waals surface area contributed by atoms with Gasteiger partial charge in [0, 0.05) is 12.1 Å². The molecule has 1 heterocycles. The number of benzene rings is 2. The summed E-state index contributed by atoms with van der Waals surface area (Å²) in [7, 11) is 0. The van der Waals surface area contributed by atoms with Crippen LogP contribution in [0, 0.1) is 13.8 Å². The smallest absolute Gasteiger partial charge is 0.240 e. The number of nitrogens with one attached hydrogen (secondary N) is 2. The summed E-state index contributed by atoms with van der Waals surface area (Å²) in [6, 6.07) is 15.4. The molecule has 7 heteroatoms. The third-order valence-corrected chi connectivity index (χ3v) is 5.04. The third kappa shape index (κ3) is 5.27. The van der Waals surface area contributed by atoms with Gasteiger partial charge in [0.15, 0.2) is 5.17 Å². The van der Waals surface area contributed by atoms with Crippen LogP contribution in [0.1, 0.15) is 23.1 Å².